The molecule has 0 spiro atoms. The van der Waals surface area contributed by atoms with Crippen molar-refractivity contribution >= 4 is 21.3 Å². The molecule has 35 heavy (non-hydrogen) atoms. The summed E-state index contributed by atoms with van der Waals surface area (Å²) in [7, 11) is -3.49. The van der Waals surface area contributed by atoms with Crippen molar-refractivity contribution in [1.29, 1.82) is 0 Å². The second kappa shape index (κ2) is 9.99. The number of nitrogens with zero attached hydrogens (tertiary/aromatic N) is 3. The van der Waals surface area contributed by atoms with Crippen molar-refractivity contribution in [2.24, 2.45) is 0 Å². The number of hydrogen-bond acceptors (Lipinski definition) is 8. The van der Waals surface area contributed by atoms with Gasteiger partial charge in [-0.25, -0.2) is 22.8 Å². The van der Waals surface area contributed by atoms with E-state index in [1.807, 2.05) is 6.92 Å². The molecule has 5 rings (SSSR count). The van der Waals surface area contributed by atoms with Gasteiger partial charge in [-0.1, -0.05) is 19.3 Å². The van der Waals surface area contributed by atoms with Gasteiger partial charge < -0.3 is 14.8 Å². The first-order valence-corrected chi connectivity index (χ1v) is 14.3. The Kier molecular flexibility index (Phi) is 6.96. The summed E-state index contributed by atoms with van der Waals surface area (Å²) in [5, 5.41) is 2.96. The normalized spacial score (nSPS) is 25.9. The maximum atomic E-state index is 14.6. The standard InChI is InChI=1S/C25H33FN4O4S/c1-16-24(29-23-9-8-21(12-22(23)26)35(2,31)32)27-15-28-25(16)34-20-10-18-13-33-14-19(11-20)30(18)17-6-4-3-5-7-17/h8-9,12,15,17-20H,3-7,10-11,13-14H2,1-2H3,(H,27,28,29)/t18-,19-/m0/s1. The number of halogens is 1. The van der Waals surface area contributed by atoms with Gasteiger partial charge in [-0.2, -0.15) is 0 Å². The van der Waals surface area contributed by atoms with Gasteiger partial charge in [0.1, 0.15) is 24.1 Å². The summed E-state index contributed by atoms with van der Waals surface area (Å²) in [6, 6.07) is 5.15. The Labute approximate surface area is 206 Å². The van der Waals surface area contributed by atoms with Gasteiger partial charge in [-0.15, -0.1) is 0 Å². The van der Waals surface area contributed by atoms with Crippen molar-refractivity contribution < 1.29 is 22.3 Å². The monoisotopic (exact) mass is 504 g/mol. The van der Waals surface area contributed by atoms with Gasteiger partial charge in [0.2, 0.25) is 5.88 Å². The fraction of sp³-hybridized carbons (Fsp3) is 0.600. The number of sulfone groups is 1. The number of benzene rings is 1. The van der Waals surface area contributed by atoms with Crippen molar-refractivity contribution in [3.8, 4) is 5.88 Å². The average Bonchev–Trinajstić information content (AvgIpc) is 2.82. The third kappa shape index (κ3) is 5.29. The molecule has 0 unspecified atom stereocenters. The molecule has 2 aromatic rings. The zero-order valence-electron chi connectivity index (χ0n) is 20.2. The van der Waals surface area contributed by atoms with E-state index in [1.165, 1.54) is 50.6 Å². The van der Waals surface area contributed by atoms with Crippen molar-refractivity contribution in [2.45, 2.75) is 81.0 Å². The average molecular weight is 505 g/mol. The Morgan fingerprint density at radius 1 is 1.09 bits per heavy atom. The van der Waals surface area contributed by atoms with Gasteiger partial charge >= 0.3 is 0 Å². The summed E-state index contributed by atoms with van der Waals surface area (Å²) >= 11 is 0. The Balaban J connectivity index is 1.29. The number of ether oxygens (including phenoxy) is 2. The summed E-state index contributed by atoms with van der Waals surface area (Å²) in [5.74, 6) is 0.228. The zero-order valence-corrected chi connectivity index (χ0v) is 21.1. The molecule has 8 nitrogen and oxygen atoms in total. The lowest BCUT2D eigenvalue weighted by molar-refractivity contribution is -0.122. The molecule has 2 aliphatic heterocycles. The van der Waals surface area contributed by atoms with Crippen LogP contribution in [0.15, 0.2) is 29.4 Å². The Morgan fingerprint density at radius 3 is 2.46 bits per heavy atom. The maximum absolute atomic E-state index is 14.6. The molecule has 2 saturated heterocycles. The van der Waals surface area contributed by atoms with E-state index in [0.29, 0.717) is 35.4 Å². The Hall–Kier alpha value is -2.30. The number of fused-ring (bicyclic) bond motifs is 2. The minimum atomic E-state index is -3.49. The summed E-state index contributed by atoms with van der Waals surface area (Å²) in [5.41, 5.74) is 0.813. The molecule has 1 saturated carbocycles. The summed E-state index contributed by atoms with van der Waals surface area (Å²) in [4.78, 5) is 11.3. The highest BCUT2D eigenvalue weighted by Gasteiger charge is 2.43. The molecule has 0 radical (unpaired) electrons. The van der Waals surface area contributed by atoms with Crippen molar-refractivity contribution in [2.75, 3.05) is 24.8 Å². The van der Waals surface area contributed by atoms with E-state index >= 15 is 0 Å². The van der Waals surface area contributed by atoms with E-state index in [0.717, 1.165) is 38.4 Å². The summed E-state index contributed by atoms with van der Waals surface area (Å²) < 4.78 is 50.2. The van der Waals surface area contributed by atoms with E-state index in [1.54, 1.807) is 0 Å². The van der Waals surface area contributed by atoms with E-state index in [9.17, 15) is 12.8 Å². The highest BCUT2D eigenvalue weighted by atomic mass is 32.2. The number of hydrogen-bond donors (Lipinski definition) is 1. The van der Waals surface area contributed by atoms with Crippen LogP contribution >= 0.6 is 0 Å². The zero-order chi connectivity index (χ0) is 24.6. The SMILES string of the molecule is Cc1c(Nc2ccc(S(C)(=O)=O)cc2F)ncnc1OC1C[C@H]2COC[C@H](C1)N2C1CCCCC1. The summed E-state index contributed by atoms with van der Waals surface area (Å²) in [6.07, 6.45) is 10.8. The lowest BCUT2D eigenvalue weighted by Crippen LogP contribution is -2.62. The topological polar surface area (TPSA) is 93.7 Å². The number of morpholine rings is 1. The van der Waals surface area contributed by atoms with E-state index in [4.69, 9.17) is 9.47 Å². The van der Waals surface area contributed by atoms with Gasteiger partial charge in [-0.3, -0.25) is 4.90 Å². The van der Waals surface area contributed by atoms with E-state index in [2.05, 4.69) is 20.2 Å². The first-order valence-electron chi connectivity index (χ1n) is 12.4. The van der Waals surface area contributed by atoms with Gasteiger partial charge in [0.15, 0.2) is 9.84 Å². The molecule has 3 heterocycles. The molecular formula is C25H33FN4O4S. The maximum Gasteiger partial charge on any atom is 0.221 e. The third-order valence-corrected chi connectivity index (χ3v) is 8.58. The van der Waals surface area contributed by atoms with Crippen LogP contribution in [0.25, 0.3) is 0 Å². The van der Waals surface area contributed by atoms with Crippen LogP contribution < -0.4 is 10.1 Å². The predicted molar refractivity (Wildman–Crippen MR) is 130 cm³/mol. The minimum Gasteiger partial charge on any atom is -0.474 e. The second-order valence-corrected chi connectivity index (χ2v) is 12.0. The lowest BCUT2D eigenvalue weighted by Gasteiger charge is -2.52. The first kappa shape index (κ1) is 24.4. The molecule has 2 atom stereocenters. The molecule has 3 aliphatic rings. The fourth-order valence-electron chi connectivity index (χ4n) is 5.76. The van der Waals surface area contributed by atoms with Crippen molar-refractivity contribution in [1.82, 2.24) is 14.9 Å². The number of piperidine rings is 1. The quantitative estimate of drug-likeness (QED) is 0.631. The van der Waals surface area contributed by atoms with Crippen LogP contribution in [0.4, 0.5) is 15.9 Å². The van der Waals surface area contributed by atoms with Crippen LogP contribution in [0.1, 0.15) is 50.5 Å². The predicted octanol–water partition coefficient (Wildman–Crippen LogP) is 4.01. The molecule has 2 bridgehead atoms. The fourth-order valence-corrected chi connectivity index (χ4v) is 6.39. The van der Waals surface area contributed by atoms with Gasteiger partial charge in [0.25, 0.3) is 0 Å². The molecular weight excluding hydrogens is 471 g/mol. The van der Waals surface area contributed by atoms with E-state index in [-0.39, 0.29) is 16.7 Å². The third-order valence-electron chi connectivity index (χ3n) is 7.47. The van der Waals surface area contributed by atoms with Gasteiger partial charge in [0.05, 0.1) is 29.4 Å². The van der Waals surface area contributed by atoms with Crippen LogP contribution in [0, 0.1) is 12.7 Å². The highest BCUT2D eigenvalue weighted by Crippen LogP contribution is 2.37. The van der Waals surface area contributed by atoms with Crippen molar-refractivity contribution in [3.63, 3.8) is 0 Å². The van der Waals surface area contributed by atoms with Gasteiger partial charge in [-0.05, 0) is 38.0 Å². The number of rotatable bonds is 6. The Morgan fingerprint density at radius 2 is 1.80 bits per heavy atom. The van der Waals surface area contributed by atoms with Crippen LogP contribution in [0.2, 0.25) is 0 Å². The van der Waals surface area contributed by atoms with Crippen molar-refractivity contribution in [3.05, 3.63) is 35.9 Å². The molecule has 10 heteroatoms. The Bertz CT molecular complexity index is 1160. The molecule has 1 aromatic heterocycles. The molecule has 3 fully saturated rings. The number of anilines is 2. The molecule has 1 aliphatic carbocycles. The van der Waals surface area contributed by atoms with Crippen LogP contribution in [0.5, 0.6) is 5.88 Å². The molecule has 190 valence electrons. The van der Waals surface area contributed by atoms with Crippen LogP contribution in [-0.2, 0) is 14.6 Å². The molecule has 1 aromatic carbocycles. The molecule has 1 N–H and O–H groups in total. The summed E-state index contributed by atoms with van der Waals surface area (Å²) in [6.45, 7) is 3.32. The smallest absolute Gasteiger partial charge is 0.221 e. The first-order chi connectivity index (χ1) is 16.8. The highest BCUT2D eigenvalue weighted by molar-refractivity contribution is 7.90. The number of nitrogens with one attached hydrogen (secondary N) is 1. The number of aromatic nitrogens is 2. The van der Waals surface area contributed by atoms with E-state index < -0.39 is 15.7 Å². The van der Waals surface area contributed by atoms with Crippen LogP contribution in [0.3, 0.4) is 0 Å². The minimum absolute atomic E-state index is 0.0287. The molecule has 0 amide bonds. The lowest BCUT2D eigenvalue weighted by atomic mass is 9.85. The second-order valence-electron chi connectivity index (χ2n) is 9.99. The van der Waals surface area contributed by atoms with Gasteiger partial charge in [0, 0.05) is 37.2 Å². The largest absolute Gasteiger partial charge is 0.474 e. The van der Waals surface area contributed by atoms with Crippen LogP contribution in [-0.4, -0.2) is 67.0 Å².